The van der Waals surface area contributed by atoms with E-state index in [0.717, 1.165) is 23.7 Å². The molecule has 1 N–H and O–H groups in total. The summed E-state index contributed by atoms with van der Waals surface area (Å²) in [5, 5.41) is 3.77. The lowest BCUT2D eigenvalue weighted by Crippen LogP contribution is -2.52. The number of rotatable bonds is 10. The van der Waals surface area contributed by atoms with Crippen LogP contribution >= 0.6 is 0 Å². The Balaban J connectivity index is 1.11. The van der Waals surface area contributed by atoms with Gasteiger partial charge in [0.1, 0.15) is 0 Å². The fraction of sp³-hybridized carbons (Fsp3) is 0.655. The molecule has 0 radical (unpaired) electrons. The molecular weight excluding hydrogens is 594 g/mol. The number of carbonyl (C=O) groups excluding carboxylic acids is 1. The van der Waals surface area contributed by atoms with Gasteiger partial charge >= 0.3 is 6.09 Å². The minimum Gasteiger partial charge on any atom is -0.404 e. The van der Waals surface area contributed by atoms with Gasteiger partial charge in [-0.2, -0.15) is 4.31 Å². The number of carbonyl (C=O) groups is 1. The van der Waals surface area contributed by atoms with Crippen LogP contribution in [0.2, 0.25) is 0 Å². The normalized spacial score (nSPS) is 24.0. The molecule has 3 aliphatic heterocycles. The van der Waals surface area contributed by atoms with Gasteiger partial charge in [-0.25, -0.2) is 21.6 Å². The van der Waals surface area contributed by atoms with E-state index in [2.05, 4.69) is 10.2 Å². The summed E-state index contributed by atoms with van der Waals surface area (Å²) in [7, 11) is -6.49. The van der Waals surface area contributed by atoms with Crippen LogP contribution in [-0.2, 0) is 19.9 Å². The lowest BCUT2D eigenvalue weighted by molar-refractivity contribution is 0.121. The molecule has 1 unspecified atom stereocenters. The van der Waals surface area contributed by atoms with Crippen LogP contribution in [0.3, 0.4) is 0 Å². The highest BCUT2D eigenvalue weighted by atomic mass is 32.2. The molecule has 1 aromatic carbocycles. The van der Waals surface area contributed by atoms with Gasteiger partial charge in [0.05, 0.1) is 23.3 Å². The number of nitrogens with zero attached hydrogens (tertiary/aromatic N) is 4. The van der Waals surface area contributed by atoms with Gasteiger partial charge in [0.2, 0.25) is 10.0 Å². The molecule has 0 spiro atoms. The number of hydrogen-bond donors (Lipinski definition) is 1. The van der Waals surface area contributed by atoms with E-state index >= 15 is 0 Å². The SMILES string of the molecule is CC(C)n1c(=O)c(OC(=O)NC2C[C@H]3CC[C@@H](C2)N3CCS(=O)(=O)CCN2CCN(S(C)(=O)=O)CC2)cc2ccccc21. The Hall–Kier alpha value is -2.52. The standard InChI is InChI=1S/C29H43N5O7S2/c1-21(2)34-26-7-5-4-6-22(26)18-27(28(34)35)41-29(36)30-23-19-24-8-9-25(20-23)33(24)15-17-43(39,40)16-14-31-10-12-32(13-11-31)42(3,37)38/h4-7,18,21,23-25H,8-17,19-20H2,1-3H3,(H,30,36)/t23?,24-,25+. The summed E-state index contributed by atoms with van der Waals surface area (Å²) in [6.07, 6.45) is 3.84. The lowest BCUT2D eigenvalue weighted by Gasteiger charge is -2.39. The number of ether oxygens (including phenoxy) is 1. The predicted molar refractivity (Wildman–Crippen MR) is 166 cm³/mol. The van der Waals surface area contributed by atoms with Crippen molar-refractivity contribution in [3.63, 3.8) is 0 Å². The third kappa shape index (κ3) is 7.59. The van der Waals surface area contributed by atoms with E-state index in [1.165, 1.54) is 10.6 Å². The van der Waals surface area contributed by atoms with Crippen molar-refractivity contribution in [2.24, 2.45) is 0 Å². The zero-order chi connectivity index (χ0) is 30.9. The first-order valence-corrected chi connectivity index (χ1v) is 18.7. The van der Waals surface area contributed by atoms with E-state index in [0.29, 0.717) is 52.1 Å². The van der Waals surface area contributed by atoms with Crippen molar-refractivity contribution in [1.82, 2.24) is 24.0 Å². The number of piperidine rings is 1. The van der Waals surface area contributed by atoms with Gasteiger partial charge in [0.15, 0.2) is 15.6 Å². The maximum atomic E-state index is 13.1. The number of para-hydroxylation sites is 1. The zero-order valence-electron chi connectivity index (χ0n) is 25.1. The topological polar surface area (TPSA) is 138 Å². The number of sulfone groups is 1. The van der Waals surface area contributed by atoms with Crippen molar-refractivity contribution in [1.29, 1.82) is 0 Å². The summed E-state index contributed by atoms with van der Waals surface area (Å²) in [5.74, 6) is 0.124. The Kier molecular flexibility index (Phi) is 9.52. The largest absolute Gasteiger partial charge is 0.413 e. The van der Waals surface area contributed by atoms with Crippen molar-refractivity contribution in [2.45, 2.75) is 63.7 Å². The van der Waals surface area contributed by atoms with E-state index in [1.807, 2.05) is 43.0 Å². The third-order valence-electron chi connectivity index (χ3n) is 9.02. The molecule has 12 nitrogen and oxygen atoms in total. The average Bonchev–Trinajstić information content (AvgIpc) is 3.18. The number of aromatic nitrogens is 1. The first-order chi connectivity index (χ1) is 20.3. The summed E-state index contributed by atoms with van der Waals surface area (Å²) < 4.78 is 57.7. The highest BCUT2D eigenvalue weighted by molar-refractivity contribution is 7.91. The van der Waals surface area contributed by atoms with Crippen LogP contribution in [0.15, 0.2) is 35.1 Å². The molecule has 43 heavy (non-hydrogen) atoms. The Bertz CT molecular complexity index is 1590. The maximum Gasteiger partial charge on any atom is 0.413 e. The summed E-state index contributed by atoms with van der Waals surface area (Å²) >= 11 is 0. The van der Waals surface area contributed by atoms with Crippen LogP contribution in [0.4, 0.5) is 4.79 Å². The number of piperazine rings is 1. The van der Waals surface area contributed by atoms with Crippen LogP contribution in [0.25, 0.3) is 10.9 Å². The van der Waals surface area contributed by atoms with Crippen molar-refractivity contribution >= 4 is 36.9 Å². The van der Waals surface area contributed by atoms with Crippen LogP contribution in [0.1, 0.15) is 45.6 Å². The molecule has 2 bridgehead atoms. The van der Waals surface area contributed by atoms with Gasteiger partial charge in [-0.3, -0.25) is 14.6 Å². The molecule has 5 rings (SSSR count). The number of nitrogens with one attached hydrogen (secondary N) is 1. The Labute approximate surface area is 253 Å². The second-order valence-corrected chi connectivity index (χ2v) is 16.6. The monoisotopic (exact) mass is 637 g/mol. The average molecular weight is 638 g/mol. The molecule has 14 heteroatoms. The quantitative estimate of drug-likeness (QED) is 0.412. The number of amides is 1. The van der Waals surface area contributed by atoms with E-state index in [9.17, 15) is 26.4 Å². The third-order valence-corrected chi connectivity index (χ3v) is 11.9. The Morgan fingerprint density at radius 2 is 1.60 bits per heavy atom. The van der Waals surface area contributed by atoms with Crippen molar-refractivity contribution in [3.05, 3.63) is 40.7 Å². The van der Waals surface area contributed by atoms with Gasteiger partial charge in [0.25, 0.3) is 5.56 Å². The van der Waals surface area contributed by atoms with Gasteiger partial charge in [-0.05, 0) is 51.7 Å². The highest BCUT2D eigenvalue weighted by Crippen LogP contribution is 2.35. The minimum absolute atomic E-state index is 0.00668. The molecule has 3 aliphatic rings. The van der Waals surface area contributed by atoms with E-state index in [1.54, 1.807) is 10.6 Å². The number of hydrogen-bond acceptors (Lipinski definition) is 9. The number of sulfonamides is 1. The maximum absolute atomic E-state index is 13.1. The van der Waals surface area contributed by atoms with Crippen LogP contribution in [0.5, 0.6) is 5.75 Å². The van der Waals surface area contributed by atoms with E-state index in [-0.39, 0.29) is 47.0 Å². The smallest absolute Gasteiger partial charge is 0.404 e. The summed E-state index contributed by atoms with van der Waals surface area (Å²) in [4.78, 5) is 30.3. The number of fused-ring (bicyclic) bond motifs is 3. The Morgan fingerprint density at radius 3 is 2.23 bits per heavy atom. The summed E-state index contributed by atoms with van der Waals surface area (Å²) in [6, 6.07) is 9.26. The molecule has 4 heterocycles. The molecule has 1 aromatic heterocycles. The van der Waals surface area contributed by atoms with Crippen LogP contribution in [0, 0.1) is 0 Å². The molecule has 3 atom stereocenters. The second kappa shape index (κ2) is 12.8. The fourth-order valence-corrected chi connectivity index (χ4v) is 8.85. The fourth-order valence-electron chi connectivity index (χ4n) is 6.80. The van der Waals surface area contributed by atoms with Crippen molar-refractivity contribution in [3.8, 4) is 5.75 Å². The number of benzene rings is 1. The van der Waals surface area contributed by atoms with Gasteiger partial charge in [-0.15, -0.1) is 0 Å². The van der Waals surface area contributed by atoms with Crippen molar-refractivity contribution in [2.75, 3.05) is 57.0 Å². The summed E-state index contributed by atoms with van der Waals surface area (Å²) in [6.45, 7) is 6.53. The second-order valence-electron chi connectivity index (χ2n) is 12.3. The van der Waals surface area contributed by atoms with E-state index < -0.39 is 26.0 Å². The van der Waals surface area contributed by atoms with Crippen LogP contribution < -0.4 is 15.6 Å². The molecule has 0 aliphatic carbocycles. The van der Waals surface area contributed by atoms with Gasteiger partial charge in [0, 0.05) is 68.8 Å². The summed E-state index contributed by atoms with van der Waals surface area (Å²) in [5.41, 5.74) is 0.435. The molecule has 238 valence electrons. The molecular formula is C29H43N5O7S2. The van der Waals surface area contributed by atoms with Gasteiger partial charge in [-0.1, -0.05) is 18.2 Å². The molecule has 0 saturated carbocycles. The lowest BCUT2D eigenvalue weighted by atomic mass is 9.97. The Morgan fingerprint density at radius 1 is 0.977 bits per heavy atom. The highest BCUT2D eigenvalue weighted by Gasteiger charge is 2.41. The van der Waals surface area contributed by atoms with Gasteiger partial charge < -0.3 is 14.6 Å². The molecule has 2 aromatic rings. The zero-order valence-corrected chi connectivity index (χ0v) is 26.8. The molecule has 1 amide bonds. The minimum atomic E-state index is -3.27. The van der Waals surface area contributed by atoms with Crippen LogP contribution in [-0.4, -0.2) is 117 Å². The molecule has 3 fully saturated rings. The number of pyridine rings is 1. The molecule has 3 saturated heterocycles. The first kappa shape index (κ1) is 31.9. The first-order valence-electron chi connectivity index (χ1n) is 15.1. The predicted octanol–water partition coefficient (Wildman–Crippen LogP) is 1.66. The van der Waals surface area contributed by atoms with Crippen molar-refractivity contribution < 1.29 is 26.4 Å². The van der Waals surface area contributed by atoms with E-state index in [4.69, 9.17) is 4.74 Å².